The van der Waals surface area contributed by atoms with Crippen LogP contribution in [-0.4, -0.2) is 27.2 Å². The minimum Gasteiger partial charge on any atom is -0.346 e. The molecule has 1 heterocycles. The first-order valence-corrected chi connectivity index (χ1v) is 8.13. The Morgan fingerprint density at radius 2 is 1.88 bits per heavy atom. The lowest BCUT2D eigenvalue weighted by atomic mass is 10.1. The fourth-order valence-electron chi connectivity index (χ4n) is 2.47. The van der Waals surface area contributed by atoms with Crippen LogP contribution >= 0.6 is 0 Å². The van der Waals surface area contributed by atoms with Gasteiger partial charge in [-0.2, -0.15) is 0 Å². The first-order chi connectivity index (χ1) is 12.2. The fourth-order valence-corrected chi connectivity index (χ4v) is 2.47. The summed E-state index contributed by atoms with van der Waals surface area (Å²) in [5, 5.41) is 7.14. The van der Waals surface area contributed by atoms with Crippen molar-refractivity contribution in [2.75, 3.05) is 6.54 Å². The third-order valence-corrected chi connectivity index (χ3v) is 3.77. The Bertz CT molecular complexity index is 866. The SMILES string of the molecule is C=CCNC(=O)c1nc(Cc2ccccc2)n(-c2ccc(C)cc2)n1. The van der Waals surface area contributed by atoms with E-state index in [1.54, 1.807) is 10.8 Å². The minimum atomic E-state index is -0.305. The molecule has 1 N–H and O–H groups in total. The second-order valence-corrected chi connectivity index (χ2v) is 5.76. The van der Waals surface area contributed by atoms with Gasteiger partial charge in [0, 0.05) is 13.0 Å². The maximum absolute atomic E-state index is 12.2. The molecule has 3 aromatic rings. The van der Waals surface area contributed by atoms with Crippen molar-refractivity contribution in [1.82, 2.24) is 20.1 Å². The number of carbonyl (C=O) groups is 1. The molecule has 3 rings (SSSR count). The molecule has 0 spiro atoms. The summed E-state index contributed by atoms with van der Waals surface area (Å²) in [6.07, 6.45) is 2.22. The Balaban J connectivity index is 1.98. The average molecular weight is 332 g/mol. The lowest BCUT2D eigenvalue weighted by Crippen LogP contribution is -2.24. The summed E-state index contributed by atoms with van der Waals surface area (Å²) in [5.41, 5.74) is 3.16. The number of benzene rings is 2. The summed E-state index contributed by atoms with van der Waals surface area (Å²) in [4.78, 5) is 16.7. The van der Waals surface area contributed by atoms with Crippen molar-refractivity contribution in [3.8, 4) is 5.69 Å². The summed E-state index contributed by atoms with van der Waals surface area (Å²) in [6.45, 7) is 6.01. The van der Waals surface area contributed by atoms with Crippen molar-refractivity contribution < 1.29 is 4.79 Å². The summed E-state index contributed by atoms with van der Waals surface area (Å²) in [6, 6.07) is 18.0. The third-order valence-electron chi connectivity index (χ3n) is 3.77. The van der Waals surface area contributed by atoms with Gasteiger partial charge in [-0.05, 0) is 24.6 Å². The lowest BCUT2D eigenvalue weighted by molar-refractivity contribution is 0.0947. The van der Waals surface area contributed by atoms with Crippen LogP contribution in [0.1, 0.15) is 27.6 Å². The molecule has 1 amide bonds. The number of aromatic nitrogens is 3. The maximum atomic E-state index is 12.2. The summed E-state index contributed by atoms with van der Waals surface area (Å²) in [5.74, 6) is 0.576. The van der Waals surface area contributed by atoms with Gasteiger partial charge in [0.15, 0.2) is 0 Å². The number of nitrogens with one attached hydrogen (secondary N) is 1. The fraction of sp³-hybridized carbons (Fsp3) is 0.150. The van der Waals surface area contributed by atoms with Gasteiger partial charge in [0.1, 0.15) is 5.82 Å². The van der Waals surface area contributed by atoms with Crippen molar-refractivity contribution >= 4 is 5.91 Å². The van der Waals surface area contributed by atoms with Gasteiger partial charge in [-0.25, -0.2) is 9.67 Å². The molecule has 0 saturated heterocycles. The molecule has 0 aliphatic carbocycles. The van der Waals surface area contributed by atoms with Gasteiger partial charge in [0.05, 0.1) is 5.69 Å². The molecular formula is C20H20N4O. The Morgan fingerprint density at radius 1 is 1.16 bits per heavy atom. The average Bonchev–Trinajstić information content (AvgIpc) is 3.05. The third kappa shape index (κ3) is 4.01. The molecule has 0 aliphatic rings. The predicted molar refractivity (Wildman–Crippen MR) is 97.9 cm³/mol. The largest absolute Gasteiger partial charge is 0.346 e. The number of hydrogen-bond donors (Lipinski definition) is 1. The van der Waals surface area contributed by atoms with Gasteiger partial charge in [-0.3, -0.25) is 4.79 Å². The molecular weight excluding hydrogens is 312 g/mol. The molecule has 0 atom stereocenters. The normalized spacial score (nSPS) is 10.4. The zero-order chi connectivity index (χ0) is 17.6. The minimum absolute atomic E-state index is 0.161. The molecule has 5 nitrogen and oxygen atoms in total. The van der Waals surface area contributed by atoms with Crippen molar-refractivity contribution in [2.45, 2.75) is 13.3 Å². The molecule has 2 aromatic carbocycles. The zero-order valence-corrected chi connectivity index (χ0v) is 14.1. The number of amides is 1. The van der Waals surface area contributed by atoms with Crippen molar-refractivity contribution in [3.63, 3.8) is 0 Å². The van der Waals surface area contributed by atoms with Gasteiger partial charge >= 0.3 is 0 Å². The van der Waals surface area contributed by atoms with E-state index < -0.39 is 0 Å². The van der Waals surface area contributed by atoms with E-state index in [9.17, 15) is 4.79 Å². The van der Waals surface area contributed by atoms with E-state index in [4.69, 9.17) is 0 Å². The van der Waals surface area contributed by atoms with E-state index in [0.29, 0.717) is 13.0 Å². The number of aryl methyl sites for hydroxylation is 1. The second kappa shape index (κ2) is 7.57. The number of carbonyl (C=O) groups excluding carboxylic acids is 1. The molecule has 0 aliphatic heterocycles. The van der Waals surface area contributed by atoms with Crippen molar-refractivity contribution in [3.05, 3.63) is 90.0 Å². The Morgan fingerprint density at radius 3 is 2.56 bits per heavy atom. The number of nitrogens with zero attached hydrogens (tertiary/aromatic N) is 3. The van der Waals surface area contributed by atoms with E-state index >= 15 is 0 Å². The highest BCUT2D eigenvalue weighted by molar-refractivity contribution is 5.90. The first kappa shape index (κ1) is 16.6. The topological polar surface area (TPSA) is 59.8 Å². The van der Waals surface area contributed by atoms with E-state index in [2.05, 4.69) is 22.0 Å². The quantitative estimate of drug-likeness (QED) is 0.706. The van der Waals surface area contributed by atoms with Crippen LogP contribution in [0.3, 0.4) is 0 Å². The van der Waals surface area contributed by atoms with Crippen molar-refractivity contribution in [2.24, 2.45) is 0 Å². The predicted octanol–water partition coefficient (Wildman–Crippen LogP) is 3.08. The van der Waals surface area contributed by atoms with E-state index in [0.717, 1.165) is 22.6 Å². The van der Waals surface area contributed by atoms with Crippen LogP contribution in [0.15, 0.2) is 67.3 Å². The Kier molecular flexibility index (Phi) is 5.04. The highest BCUT2D eigenvalue weighted by atomic mass is 16.2. The molecule has 0 radical (unpaired) electrons. The Labute approximate surface area is 147 Å². The van der Waals surface area contributed by atoms with Gasteiger partial charge < -0.3 is 5.32 Å². The molecule has 0 unspecified atom stereocenters. The number of rotatable bonds is 6. The van der Waals surface area contributed by atoms with Crippen LogP contribution in [0.2, 0.25) is 0 Å². The van der Waals surface area contributed by atoms with Crippen LogP contribution in [-0.2, 0) is 6.42 Å². The number of hydrogen-bond acceptors (Lipinski definition) is 3. The van der Waals surface area contributed by atoms with Crippen LogP contribution in [0.4, 0.5) is 0 Å². The zero-order valence-electron chi connectivity index (χ0n) is 14.1. The molecule has 0 bridgehead atoms. The highest BCUT2D eigenvalue weighted by Gasteiger charge is 2.17. The molecule has 0 saturated carbocycles. The van der Waals surface area contributed by atoms with E-state index in [1.807, 2.05) is 61.5 Å². The van der Waals surface area contributed by atoms with Gasteiger partial charge in [0.2, 0.25) is 5.82 Å². The maximum Gasteiger partial charge on any atom is 0.291 e. The standard InChI is InChI=1S/C20H20N4O/c1-3-13-21-20(25)19-22-18(14-16-7-5-4-6-8-16)24(23-19)17-11-9-15(2)10-12-17/h3-12H,1,13-14H2,2H3,(H,21,25). The monoisotopic (exact) mass is 332 g/mol. The summed E-state index contributed by atoms with van der Waals surface area (Å²) in [7, 11) is 0. The van der Waals surface area contributed by atoms with Gasteiger partial charge in [-0.15, -0.1) is 11.7 Å². The lowest BCUT2D eigenvalue weighted by Gasteiger charge is -2.06. The molecule has 0 fully saturated rings. The molecule has 25 heavy (non-hydrogen) atoms. The van der Waals surface area contributed by atoms with E-state index in [1.165, 1.54) is 0 Å². The summed E-state index contributed by atoms with van der Waals surface area (Å²) < 4.78 is 1.73. The molecule has 126 valence electrons. The Hall–Kier alpha value is -3.21. The van der Waals surface area contributed by atoms with Crippen LogP contribution in [0, 0.1) is 6.92 Å². The highest BCUT2D eigenvalue weighted by Crippen LogP contribution is 2.15. The van der Waals surface area contributed by atoms with Crippen LogP contribution < -0.4 is 5.32 Å². The molecule has 1 aromatic heterocycles. The van der Waals surface area contributed by atoms with Crippen molar-refractivity contribution in [1.29, 1.82) is 0 Å². The smallest absolute Gasteiger partial charge is 0.291 e. The summed E-state index contributed by atoms with van der Waals surface area (Å²) >= 11 is 0. The second-order valence-electron chi connectivity index (χ2n) is 5.76. The molecule has 5 heteroatoms. The van der Waals surface area contributed by atoms with Crippen LogP contribution in [0.5, 0.6) is 0 Å². The van der Waals surface area contributed by atoms with Gasteiger partial charge in [-0.1, -0.05) is 54.1 Å². The van der Waals surface area contributed by atoms with E-state index in [-0.39, 0.29) is 11.7 Å². The van der Waals surface area contributed by atoms with Crippen LogP contribution in [0.25, 0.3) is 5.69 Å². The first-order valence-electron chi connectivity index (χ1n) is 8.13. The van der Waals surface area contributed by atoms with Gasteiger partial charge in [0.25, 0.3) is 5.91 Å².